The van der Waals surface area contributed by atoms with Gasteiger partial charge in [-0.3, -0.25) is 4.98 Å². The number of alkyl halides is 3. The molecule has 1 saturated heterocycles. The van der Waals surface area contributed by atoms with Crippen LogP contribution in [0, 0.1) is 0 Å². The third kappa shape index (κ3) is 3.83. The van der Waals surface area contributed by atoms with Gasteiger partial charge in [-0.05, 0) is 50.6 Å². The van der Waals surface area contributed by atoms with Crippen LogP contribution in [0.15, 0.2) is 49.0 Å². The van der Waals surface area contributed by atoms with Crippen LogP contribution >= 0.6 is 0 Å². The lowest BCUT2D eigenvalue weighted by Crippen LogP contribution is -2.45. The number of anilines is 1. The average molecular weight is 477 g/mol. The Morgan fingerprint density at radius 1 is 1.09 bits per heavy atom. The van der Waals surface area contributed by atoms with Gasteiger partial charge < -0.3 is 15.6 Å². The van der Waals surface area contributed by atoms with E-state index in [4.69, 9.17) is 9.97 Å². The van der Waals surface area contributed by atoms with Crippen LogP contribution in [0.2, 0.25) is 0 Å². The topological polar surface area (TPSA) is 91.4 Å². The fourth-order valence-corrected chi connectivity index (χ4v) is 4.65. The smallest absolute Gasteiger partial charge is 0.364 e. The first-order chi connectivity index (χ1) is 16.8. The molecule has 0 amide bonds. The molecule has 0 radical (unpaired) electrons. The zero-order valence-corrected chi connectivity index (χ0v) is 18.9. The van der Waals surface area contributed by atoms with Crippen LogP contribution < -0.4 is 10.6 Å². The van der Waals surface area contributed by atoms with Crippen LogP contribution in [-0.2, 0) is 6.18 Å². The first-order valence-electron chi connectivity index (χ1n) is 11.4. The Kier molecular flexibility index (Phi) is 4.89. The molecule has 4 aromatic heterocycles. The average Bonchev–Trinajstić information content (AvgIpc) is 3.23. The molecular weight excluding hydrogens is 455 g/mol. The van der Waals surface area contributed by atoms with Gasteiger partial charge in [0.05, 0.1) is 17.1 Å². The number of hydrogen-bond acceptors (Lipinski definition) is 6. The fourth-order valence-electron chi connectivity index (χ4n) is 4.65. The molecule has 178 valence electrons. The quantitative estimate of drug-likeness (QED) is 0.379. The summed E-state index contributed by atoms with van der Waals surface area (Å²) < 4.78 is 40.1. The number of pyridine rings is 2. The highest BCUT2D eigenvalue weighted by Crippen LogP contribution is 2.38. The van der Waals surface area contributed by atoms with E-state index in [1.54, 1.807) is 18.5 Å². The molecule has 1 fully saturated rings. The van der Waals surface area contributed by atoms with Crippen LogP contribution in [0.4, 0.5) is 19.0 Å². The van der Waals surface area contributed by atoms with Crippen LogP contribution in [0.3, 0.4) is 0 Å². The Morgan fingerprint density at radius 2 is 1.89 bits per heavy atom. The highest BCUT2D eigenvalue weighted by atomic mass is 19.4. The van der Waals surface area contributed by atoms with Gasteiger partial charge in [0.2, 0.25) is 0 Å². The molecule has 0 spiro atoms. The number of allylic oxidation sites excluding steroid dienone is 4. The first kappa shape index (κ1) is 21.7. The summed E-state index contributed by atoms with van der Waals surface area (Å²) in [6.45, 7) is 3.93. The zero-order chi connectivity index (χ0) is 24.2. The highest BCUT2D eigenvalue weighted by Gasteiger charge is 2.33. The molecule has 0 aromatic carbocycles. The van der Waals surface area contributed by atoms with Crippen molar-refractivity contribution in [2.75, 3.05) is 18.4 Å². The van der Waals surface area contributed by atoms with Gasteiger partial charge in [-0.15, -0.1) is 0 Å². The van der Waals surface area contributed by atoms with Gasteiger partial charge in [0.1, 0.15) is 17.2 Å². The standard InChI is InChI=1S/C25H22F3N7/c1-24(6-9-29-10-7-24)35-23-20-17(14-3-2-4-14)12-30-13-18(20)32-22(34-23)15-5-8-31-21-16(15)11-19(33-21)25(26,27)28/h2-5,8,11-13,29H,6-7,9-10H2,1H3,(H,31,33)(H,32,34,35). The van der Waals surface area contributed by atoms with E-state index < -0.39 is 11.9 Å². The molecule has 3 N–H and O–H groups in total. The molecule has 1 aliphatic carbocycles. The third-order valence-corrected chi connectivity index (χ3v) is 6.67. The predicted octanol–water partition coefficient (Wildman–Crippen LogP) is 5.09. The van der Waals surface area contributed by atoms with Crippen molar-refractivity contribution in [3.05, 3.63) is 60.2 Å². The molecule has 0 saturated carbocycles. The van der Waals surface area contributed by atoms with Crippen molar-refractivity contribution < 1.29 is 13.2 Å². The summed E-state index contributed by atoms with van der Waals surface area (Å²) in [7, 11) is 0. The second-order valence-corrected chi connectivity index (χ2v) is 9.20. The van der Waals surface area contributed by atoms with Crippen LogP contribution in [0.5, 0.6) is 0 Å². The fraction of sp³-hybridized carbons (Fsp3) is 0.280. The number of rotatable bonds is 4. The van der Waals surface area contributed by atoms with E-state index in [0.717, 1.165) is 48.5 Å². The van der Waals surface area contributed by atoms with Gasteiger partial charge in [0.15, 0.2) is 5.82 Å². The highest BCUT2D eigenvalue weighted by molar-refractivity contribution is 6.03. The van der Waals surface area contributed by atoms with Gasteiger partial charge in [0, 0.05) is 34.4 Å². The number of nitrogens with zero attached hydrogens (tertiary/aromatic N) is 4. The zero-order valence-electron chi connectivity index (χ0n) is 18.9. The van der Waals surface area contributed by atoms with Crippen LogP contribution in [0.1, 0.15) is 31.0 Å². The maximum Gasteiger partial charge on any atom is 0.431 e. The monoisotopic (exact) mass is 477 g/mol. The van der Waals surface area contributed by atoms with E-state index >= 15 is 0 Å². The molecule has 4 aromatic rings. The van der Waals surface area contributed by atoms with Crippen LogP contribution in [-0.4, -0.2) is 43.5 Å². The number of nitrogens with one attached hydrogen (secondary N) is 3. The third-order valence-electron chi connectivity index (χ3n) is 6.67. The number of aromatic nitrogens is 5. The van der Waals surface area contributed by atoms with Gasteiger partial charge in [0.25, 0.3) is 0 Å². The first-order valence-corrected chi connectivity index (χ1v) is 11.4. The summed E-state index contributed by atoms with van der Waals surface area (Å²) in [6.07, 6.45) is 8.19. The minimum absolute atomic E-state index is 0.134. The molecule has 2 aliphatic rings. The number of fused-ring (bicyclic) bond motifs is 2. The minimum atomic E-state index is -4.51. The van der Waals surface area contributed by atoms with E-state index in [0.29, 0.717) is 28.1 Å². The van der Waals surface area contributed by atoms with Gasteiger partial charge >= 0.3 is 6.18 Å². The Balaban J connectivity index is 1.56. The maximum absolute atomic E-state index is 13.4. The lowest BCUT2D eigenvalue weighted by Gasteiger charge is -2.36. The SMILES string of the molecule is CC1(Nc2nc(-c3ccnc4[nH]c(C(F)(F)F)cc34)nc3cncc(C4=CC=C4)c23)CCNCC1. The number of aromatic amines is 1. The molecule has 0 atom stereocenters. The molecule has 7 nitrogen and oxygen atoms in total. The molecule has 35 heavy (non-hydrogen) atoms. The summed E-state index contributed by atoms with van der Waals surface area (Å²) in [4.78, 5) is 20.5. The molecular formula is C25H22F3N7. The molecule has 10 heteroatoms. The second kappa shape index (κ2) is 7.88. The number of H-pyrrole nitrogens is 1. The summed E-state index contributed by atoms with van der Waals surface area (Å²) in [5, 5.41) is 8.19. The summed E-state index contributed by atoms with van der Waals surface area (Å²) in [5.41, 5.74) is 2.11. The Hall–Kier alpha value is -3.79. The van der Waals surface area contributed by atoms with Crippen molar-refractivity contribution in [1.82, 2.24) is 30.2 Å². The number of halogens is 3. The molecule has 0 unspecified atom stereocenters. The van der Waals surface area contributed by atoms with E-state index in [9.17, 15) is 13.2 Å². The number of hydrogen-bond donors (Lipinski definition) is 3. The molecule has 5 heterocycles. The Bertz CT molecular complexity index is 1510. The van der Waals surface area contributed by atoms with E-state index in [1.165, 1.54) is 6.20 Å². The van der Waals surface area contributed by atoms with Crippen molar-refractivity contribution in [3.8, 4) is 11.4 Å². The van der Waals surface area contributed by atoms with Crippen molar-refractivity contribution in [3.63, 3.8) is 0 Å². The van der Waals surface area contributed by atoms with Crippen molar-refractivity contribution >= 4 is 33.3 Å². The van der Waals surface area contributed by atoms with Crippen molar-refractivity contribution in [2.45, 2.75) is 31.5 Å². The predicted molar refractivity (Wildman–Crippen MR) is 129 cm³/mol. The van der Waals surface area contributed by atoms with Gasteiger partial charge in [-0.25, -0.2) is 15.0 Å². The largest absolute Gasteiger partial charge is 0.431 e. The van der Waals surface area contributed by atoms with Gasteiger partial charge in [-0.2, -0.15) is 13.2 Å². The number of piperidine rings is 1. The molecule has 6 rings (SSSR count). The normalized spacial score (nSPS) is 17.4. The Labute approximate surface area is 198 Å². The second-order valence-electron chi connectivity index (χ2n) is 9.20. The van der Waals surface area contributed by atoms with Crippen molar-refractivity contribution in [1.29, 1.82) is 0 Å². The molecule has 1 aliphatic heterocycles. The maximum atomic E-state index is 13.4. The van der Waals surface area contributed by atoms with E-state index in [2.05, 4.69) is 32.5 Å². The Morgan fingerprint density at radius 3 is 2.60 bits per heavy atom. The van der Waals surface area contributed by atoms with E-state index in [1.807, 2.05) is 18.2 Å². The summed E-state index contributed by atoms with van der Waals surface area (Å²) >= 11 is 0. The lowest BCUT2D eigenvalue weighted by molar-refractivity contribution is -0.140. The molecule has 0 bridgehead atoms. The van der Waals surface area contributed by atoms with Gasteiger partial charge in [-0.1, -0.05) is 18.2 Å². The van der Waals surface area contributed by atoms with Crippen molar-refractivity contribution in [2.24, 2.45) is 0 Å². The lowest BCUT2D eigenvalue weighted by atomic mass is 9.90. The van der Waals surface area contributed by atoms with E-state index in [-0.39, 0.29) is 11.2 Å². The van der Waals surface area contributed by atoms with Crippen LogP contribution in [0.25, 0.3) is 38.9 Å². The summed E-state index contributed by atoms with van der Waals surface area (Å²) in [6, 6.07) is 2.70. The minimum Gasteiger partial charge on any atom is -0.364 e. The summed E-state index contributed by atoms with van der Waals surface area (Å²) in [5.74, 6) is 0.958.